The van der Waals surface area contributed by atoms with Crippen LogP contribution in [0.4, 0.5) is 0 Å². The first-order valence-corrected chi connectivity index (χ1v) is 3.98. The number of hydrogen-bond acceptors (Lipinski definition) is 4. The van der Waals surface area contributed by atoms with Crippen molar-refractivity contribution in [3.63, 3.8) is 0 Å². The van der Waals surface area contributed by atoms with Gasteiger partial charge in [-0.3, -0.25) is 9.78 Å². The summed E-state index contributed by atoms with van der Waals surface area (Å²) in [5.74, 6) is -1.63. The maximum Gasteiger partial charge on any atom is 0.356 e. The van der Waals surface area contributed by atoms with Gasteiger partial charge in [0.1, 0.15) is 5.69 Å². The van der Waals surface area contributed by atoms with Crippen molar-refractivity contribution in [2.24, 2.45) is 0 Å². The van der Waals surface area contributed by atoms with Crippen molar-refractivity contribution < 1.29 is 14.7 Å². The molecule has 1 rings (SSSR count). The Labute approximate surface area is 80.0 Å². The average Bonchev–Trinajstić information content (AvgIpc) is 2.18. The largest absolute Gasteiger partial charge is 0.476 e. The van der Waals surface area contributed by atoms with Gasteiger partial charge in [-0.2, -0.15) is 0 Å². The summed E-state index contributed by atoms with van der Waals surface area (Å²) in [6, 6.07) is 0. The number of hydrogen-bond donors (Lipinski definition) is 2. The highest BCUT2D eigenvalue weighted by molar-refractivity contribution is 5.93. The smallest absolute Gasteiger partial charge is 0.356 e. The number of carbonyl (C=O) groups is 2. The molecule has 1 amide bonds. The van der Waals surface area contributed by atoms with Crippen molar-refractivity contribution in [2.45, 2.75) is 6.92 Å². The Bertz CT molecular complexity index is 365. The number of rotatable bonds is 3. The molecule has 0 unspecified atom stereocenters. The number of aromatic carboxylic acids is 1. The normalized spacial score (nSPS) is 9.50. The molecule has 1 heterocycles. The van der Waals surface area contributed by atoms with Crippen molar-refractivity contribution in [1.82, 2.24) is 15.3 Å². The standard InChI is InChI=1S/C8H9N3O3/c1-2-10-7(12)5-3-9-4-6(11-5)8(13)14/h3-4H,2H2,1H3,(H,10,12)(H,13,14). The van der Waals surface area contributed by atoms with E-state index in [1.54, 1.807) is 6.92 Å². The Morgan fingerprint density at radius 3 is 2.64 bits per heavy atom. The van der Waals surface area contributed by atoms with Crippen molar-refractivity contribution in [2.75, 3.05) is 6.54 Å². The quantitative estimate of drug-likeness (QED) is 0.704. The summed E-state index contributed by atoms with van der Waals surface area (Å²) in [5, 5.41) is 11.1. The molecular formula is C8H9N3O3. The van der Waals surface area contributed by atoms with Crippen LogP contribution >= 0.6 is 0 Å². The van der Waals surface area contributed by atoms with Crippen LogP contribution in [-0.4, -0.2) is 33.5 Å². The molecule has 0 radical (unpaired) electrons. The van der Waals surface area contributed by atoms with E-state index in [1.165, 1.54) is 6.20 Å². The van der Waals surface area contributed by atoms with Crippen LogP contribution in [0.1, 0.15) is 27.9 Å². The molecule has 0 aliphatic rings. The molecule has 6 nitrogen and oxygen atoms in total. The Morgan fingerprint density at radius 2 is 2.07 bits per heavy atom. The molecule has 0 aliphatic heterocycles. The second-order valence-corrected chi connectivity index (χ2v) is 2.45. The topological polar surface area (TPSA) is 92.2 Å². The van der Waals surface area contributed by atoms with Gasteiger partial charge in [0.25, 0.3) is 5.91 Å². The zero-order valence-corrected chi connectivity index (χ0v) is 7.52. The monoisotopic (exact) mass is 195 g/mol. The van der Waals surface area contributed by atoms with E-state index in [2.05, 4.69) is 15.3 Å². The van der Waals surface area contributed by atoms with Crippen LogP contribution in [0, 0.1) is 0 Å². The summed E-state index contributed by atoms with van der Waals surface area (Å²) in [6.07, 6.45) is 2.31. The highest BCUT2D eigenvalue weighted by Gasteiger charge is 2.10. The molecule has 0 fully saturated rings. The number of nitrogens with zero attached hydrogens (tertiary/aromatic N) is 2. The first kappa shape index (κ1) is 10.1. The number of carboxylic acids is 1. The highest BCUT2D eigenvalue weighted by Crippen LogP contribution is 1.96. The fraction of sp³-hybridized carbons (Fsp3) is 0.250. The van der Waals surface area contributed by atoms with E-state index in [1.807, 2.05) is 0 Å². The summed E-state index contributed by atoms with van der Waals surface area (Å²) in [7, 11) is 0. The molecule has 74 valence electrons. The lowest BCUT2D eigenvalue weighted by molar-refractivity contribution is 0.0690. The molecule has 0 atom stereocenters. The number of carbonyl (C=O) groups excluding carboxylic acids is 1. The first-order chi connectivity index (χ1) is 6.65. The molecule has 14 heavy (non-hydrogen) atoms. The third kappa shape index (κ3) is 2.25. The van der Waals surface area contributed by atoms with E-state index in [0.29, 0.717) is 6.54 Å². The van der Waals surface area contributed by atoms with E-state index in [0.717, 1.165) is 6.20 Å². The van der Waals surface area contributed by atoms with Gasteiger partial charge in [0.2, 0.25) is 0 Å². The second-order valence-electron chi connectivity index (χ2n) is 2.45. The van der Waals surface area contributed by atoms with Crippen LogP contribution in [0.15, 0.2) is 12.4 Å². The molecule has 0 aromatic carbocycles. The Hall–Kier alpha value is -1.98. The van der Waals surface area contributed by atoms with Crippen molar-refractivity contribution in [3.05, 3.63) is 23.8 Å². The van der Waals surface area contributed by atoms with E-state index < -0.39 is 11.9 Å². The van der Waals surface area contributed by atoms with Crippen LogP contribution < -0.4 is 5.32 Å². The number of carboxylic acid groups (broad SMARTS) is 1. The van der Waals surface area contributed by atoms with Gasteiger partial charge in [0, 0.05) is 6.54 Å². The summed E-state index contributed by atoms with van der Waals surface area (Å²) < 4.78 is 0. The molecule has 6 heteroatoms. The molecule has 0 bridgehead atoms. The molecular weight excluding hydrogens is 186 g/mol. The lowest BCUT2D eigenvalue weighted by Crippen LogP contribution is -2.24. The zero-order valence-electron chi connectivity index (χ0n) is 7.52. The summed E-state index contributed by atoms with van der Waals surface area (Å²) in [6.45, 7) is 2.21. The maximum atomic E-state index is 11.2. The molecule has 0 spiro atoms. The van der Waals surface area contributed by atoms with Crippen molar-refractivity contribution in [3.8, 4) is 0 Å². The maximum absolute atomic E-state index is 11.2. The Morgan fingerprint density at radius 1 is 1.43 bits per heavy atom. The van der Waals surface area contributed by atoms with Crippen LogP contribution in [0.5, 0.6) is 0 Å². The van der Waals surface area contributed by atoms with Gasteiger partial charge in [0.15, 0.2) is 5.69 Å². The summed E-state index contributed by atoms with van der Waals surface area (Å²) >= 11 is 0. The SMILES string of the molecule is CCNC(=O)c1cncc(C(=O)O)n1. The fourth-order valence-corrected chi connectivity index (χ4v) is 0.830. The molecule has 1 aromatic rings. The van der Waals surface area contributed by atoms with E-state index in [9.17, 15) is 9.59 Å². The molecule has 1 aromatic heterocycles. The lowest BCUT2D eigenvalue weighted by atomic mass is 10.4. The molecule has 0 saturated carbocycles. The summed E-state index contributed by atoms with van der Waals surface area (Å²) in [4.78, 5) is 28.9. The van der Waals surface area contributed by atoms with E-state index in [4.69, 9.17) is 5.11 Å². The van der Waals surface area contributed by atoms with Gasteiger partial charge < -0.3 is 10.4 Å². The second kappa shape index (κ2) is 4.31. The predicted molar refractivity (Wildman–Crippen MR) is 47.0 cm³/mol. The number of nitrogens with one attached hydrogen (secondary N) is 1. The van der Waals surface area contributed by atoms with Crippen LogP contribution in [0.3, 0.4) is 0 Å². The van der Waals surface area contributed by atoms with Gasteiger partial charge in [-0.05, 0) is 6.92 Å². The van der Waals surface area contributed by atoms with Crippen molar-refractivity contribution in [1.29, 1.82) is 0 Å². The summed E-state index contributed by atoms with van der Waals surface area (Å²) in [5.41, 5.74) is -0.236. The van der Waals surface area contributed by atoms with Gasteiger partial charge >= 0.3 is 5.97 Å². The van der Waals surface area contributed by atoms with E-state index in [-0.39, 0.29) is 11.4 Å². The van der Waals surface area contributed by atoms with Crippen LogP contribution in [-0.2, 0) is 0 Å². The van der Waals surface area contributed by atoms with Crippen molar-refractivity contribution >= 4 is 11.9 Å². The van der Waals surface area contributed by atoms with Gasteiger partial charge in [-0.25, -0.2) is 9.78 Å². The molecule has 0 aliphatic carbocycles. The van der Waals surface area contributed by atoms with E-state index >= 15 is 0 Å². The third-order valence-electron chi connectivity index (χ3n) is 1.42. The predicted octanol–water partition coefficient (Wildman–Crippen LogP) is -0.0755. The number of aromatic nitrogens is 2. The minimum Gasteiger partial charge on any atom is -0.476 e. The lowest BCUT2D eigenvalue weighted by Gasteiger charge is -2.00. The third-order valence-corrected chi connectivity index (χ3v) is 1.42. The average molecular weight is 195 g/mol. The van der Waals surface area contributed by atoms with Gasteiger partial charge in [0.05, 0.1) is 12.4 Å². The Balaban J connectivity index is 2.93. The molecule has 2 N–H and O–H groups in total. The van der Waals surface area contributed by atoms with Gasteiger partial charge in [-0.15, -0.1) is 0 Å². The Kier molecular flexibility index (Phi) is 3.11. The fourth-order valence-electron chi connectivity index (χ4n) is 0.830. The number of amides is 1. The minimum absolute atomic E-state index is 0.00625. The van der Waals surface area contributed by atoms with Gasteiger partial charge in [-0.1, -0.05) is 0 Å². The first-order valence-electron chi connectivity index (χ1n) is 3.98. The molecule has 0 saturated heterocycles. The highest BCUT2D eigenvalue weighted by atomic mass is 16.4. The minimum atomic E-state index is -1.20. The zero-order chi connectivity index (χ0) is 10.6. The van der Waals surface area contributed by atoms with Crippen LogP contribution in [0.25, 0.3) is 0 Å². The van der Waals surface area contributed by atoms with Crippen LogP contribution in [0.2, 0.25) is 0 Å².